The van der Waals surface area contributed by atoms with Crippen LogP contribution >= 0.6 is 11.3 Å². The zero-order valence-electron chi connectivity index (χ0n) is 5.91. The minimum atomic E-state index is 0.117. The monoisotopic (exact) mass is 154 g/mol. The van der Waals surface area contributed by atoms with Crippen LogP contribution in [0.5, 0.6) is 0 Å². The Hall–Kier alpha value is -0.630. The molecule has 0 saturated carbocycles. The van der Waals surface area contributed by atoms with Crippen LogP contribution in [-0.2, 0) is 4.79 Å². The number of hydrogen-bond donors (Lipinski definition) is 0. The van der Waals surface area contributed by atoms with Crippen LogP contribution in [0.3, 0.4) is 0 Å². The van der Waals surface area contributed by atoms with Crippen LogP contribution in [0.1, 0.15) is 24.8 Å². The molecule has 54 valence electrons. The molecule has 0 saturated heterocycles. The first-order chi connectivity index (χ1) is 4.88. The van der Waals surface area contributed by atoms with Gasteiger partial charge in [-0.2, -0.15) is 11.3 Å². The Bertz CT molecular complexity index is 191. The van der Waals surface area contributed by atoms with E-state index in [2.05, 4.69) is 0 Å². The lowest BCUT2D eigenvalue weighted by Gasteiger charge is -2.01. The van der Waals surface area contributed by atoms with Gasteiger partial charge in [-0.25, -0.2) is 0 Å². The predicted molar refractivity (Wildman–Crippen MR) is 43.4 cm³/mol. The minimum Gasteiger partial charge on any atom is -0.303 e. The fraction of sp³-hybridized carbons (Fsp3) is 0.375. The fourth-order valence-corrected chi connectivity index (χ4v) is 1.62. The van der Waals surface area contributed by atoms with Gasteiger partial charge in [0.2, 0.25) is 0 Å². The lowest BCUT2D eigenvalue weighted by molar-refractivity contribution is -0.109. The van der Waals surface area contributed by atoms with Gasteiger partial charge >= 0.3 is 0 Å². The number of rotatable bonds is 3. The Balaban J connectivity index is 2.73. The van der Waals surface area contributed by atoms with Gasteiger partial charge in [-0.3, -0.25) is 0 Å². The van der Waals surface area contributed by atoms with Crippen molar-refractivity contribution in [1.29, 1.82) is 0 Å². The van der Waals surface area contributed by atoms with Gasteiger partial charge < -0.3 is 4.79 Å². The molecule has 0 aromatic carbocycles. The Labute approximate surface area is 64.7 Å². The molecule has 1 nitrogen and oxygen atoms in total. The van der Waals surface area contributed by atoms with E-state index >= 15 is 0 Å². The summed E-state index contributed by atoms with van der Waals surface area (Å²) < 4.78 is 0. The van der Waals surface area contributed by atoms with Crippen LogP contribution in [-0.4, -0.2) is 6.29 Å². The number of carbonyl (C=O) groups is 1. The second-order valence-electron chi connectivity index (χ2n) is 2.21. The van der Waals surface area contributed by atoms with Gasteiger partial charge in [-0.1, -0.05) is 6.92 Å². The Morgan fingerprint density at radius 3 is 3.00 bits per heavy atom. The number of aldehydes is 1. The van der Waals surface area contributed by atoms with E-state index < -0.39 is 0 Å². The van der Waals surface area contributed by atoms with E-state index in [1.54, 1.807) is 11.3 Å². The van der Waals surface area contributed by atoms with Gasteiger partial charge in [-0.15, -0.1) is 0 Å². The molecule has 2 heteroatoms. The maximum atomic E-state index is 10.4. The molecule has 0 N–H and O–H groups in total. The standard InChI is InChI=1S/C8H10OS/c1-2-7(5-9)8-3-4-10-6-8/h3-7H,2H2,1H3. The molecule has 1 heterocycles. The molecular weight excluding hydrogens is 144 g/mol. The Morgan fingerprint density at radius 1 is 1.80 bits per heavy atom. The molecule has 1 aromatic rings. The highest BCUT2D eigenvalue weighted by Gasteiger charge is 2.06. The van der Waals surface area contributed by atoms with Crippen molar-refractivity contribution in [1.82, 2.24) is 0 Å². The Morgan fingerprint density at radius 2 is 2.60 bits per heavy atom. The normalized spacial score (nSPS) is 12.9. The van der Waals surface area contributed by atoms with Crippen LogP contribution in [0.15, 0.2) is 16.8 Å². The quantitative estimate of drug-likeness (QED) is 0.611. The second-order valence-corrected chi connectivity index (χ2v) is 2.99. The van der Waals surface area contributed by atoms with Crippen molar-refractivity contribution in [3.05, 3.63) is 22.4 Å². The van der Waals surface area contributed by atoms with E-state index in [0.29, 0.717) is 0 Å². The van der Waals surface area contributed by atoms with Crippen molar-refractivity contribution in [3.63, 3.8) is 0 Å². The number of carbonyl (C=O) groups excluding carboxylic acids is 1. The molecular formula is C8H10OS. The van der Waals surface area contributed by atoms with Crippen molar-refractivity contribution in [2.24, 2.45) is 0 Å². The first-order valence-corrected chi connectivity index (χ1v) is 4.30. The average Bonchev–Trinajstić information content (AvgIpc) is 2.43. The molecule has 0 bridgehead atoms. The highest BCUT2D eigenvalue weighted by atomic mass is 32.1. The van der Waals surface area contributed by atoms with Crippen molar-refractivity contribution >= 4 is 17.6 Å². The van der Waals surface area contributed by atoms with E-state index in [1.165, 1.54) is 0 Å². The van der Waals surface area contributed by atoms with Crippen LogP contribution < -0.4 is 0 Å². The summed E-state index contributed by atoms with van der Waals surface area (Å²) >= 11 is 1.64. The highest BCUT2D eigenvalue weighted by Crippen LogP contribution is 2.19. The van der Waals surface area contributed by atoms with Crippen molar-refractivity contribution < 1.29 is 4.79 Å². The summed E-state index contributed by atoms with van der Waals surface area (Å²) in [5.41, 5.74) is 1.16. The van der Waals surface area contributed by atoms with Gasteiger partial charge in [0.1, 0.15) is 6.29 Å². The molecule has 1 unspecified atom stereocenters. The largest absolute Gasteiger partial charge is 0.303 e. The molecule has 1 atom stereocenters. The van der Waals surface area contributed by atoms with E-state index in [4.69, 9.17) is 0 Å². The van der Waals surface area contributed by atoms with Crippen LogP contribution in [0.2, 0.25) is 0 Å². The van der Waals surface area contributed by atoms with Crippen molar-refractivity contribution in [3.8, 4) is 0 Å². The first kappa shape index (κ1) is 7.48. The van der Waals surface area contributed by atoms with Crippen molar-refractivity contribution in [2.45, 2.75) is 19.3 Å². The zero-order chi connectivity index (χ0) is 7.40. The minimum absolute atomic E-state index is 0.117. The molecule has 10 heavy (non-hydrogen) atoms. The third-order valence-corrected chi connectivity index (χ3v) is 2.28. The van der Waals surface area contributed by atoms with Gasteiger partial charge in [0.15, 0.2) is 0 Å². The van der Waals surface area contributed by atoms with Crippen molar-refractivity contribution in [2.75, 3.05) is 0 Å². The molecule has 0 aliphatic heterocycles. The maximum absolute atomic E-state index is 10.4. The Kier molecular flexibility index (Phi) is 2.63. The topological polar surface area (TPSA) is 17.1 Å². The summed E-state index contributed by atoms with van der Waals surface area (Å²) in [6.45, 7) is 2.02. The lowest BCUT2D eigenvalue weighted by atomic mass is 10.0. The maximum Gasteiger partial charge on any atom is 0.127 e. The number of hydrogen-bond acceptors (Lipinski definition) is 2. The van der Waals surface area contributed by atoms with Gasteiger partial charge in [0, 0.05) is 5.92 Å². The summed E-state index contributed by atoms with van der Waals surface area (Å²) in [5, 5.41) is 4.03. The fourth-order valence-electron chi connectivity index (χ4n) is 0.896. The van der Waals surface area contributed by atoms with Crippen LogP contribution in [0.25, 0.3) is 0 Å². The van der Waals surface area contributed by atoms with Gasteiger partial charge in [0.05, 0.1) is 0 Å². The van der Waals surface area contributed by atoms with E-state index in [1.807, 2.05) is 23.8 Å². The smallest absolute Gasteiger partial charge is 0.127 e. The molecule has 0 radical (unpaired) electrons. The summed E-state index contributed by atoms with van der Waals surface area (Å²) in [6.07, 6.45) is 1.92. The second kappa shape index (κ2) is 3.52. The van der Waals surface area contributed by atoms with E-state index in [-0.39, 0.29) is 5.92 Å². The average molecular weight is 154 g/mol. The van der Waals surface area contributed by atoms with Gasteiger partial charge in [-0.05, 0) is 28.8 Å². The van der Waals surface area contributed by atoms with E-state index in [9.17, 15) is 4.79 Å². The molecule has 0 fully saturated rings. The molecule has 0 aliphatic carbocycles. The van der Waals surface area contributed by atoms with Gasteiger partial charge in [0.25, 0.3) is 0 Å². The third kappa shape index (κ3) is 1.45. The predicted octanol–water partition coefficient (Wildman–Crippen LogP) is 2.44. The number of thiophene rings is 1. The summed E-state index contributed by atoms with van der Waals surface area (Å²) in [4.78, 5) is 10.4. The zero-order valence-corrected chi connectivity index (χ0v) is 6.73. The lowest BCUT2D eigenvalue weighted by Crippen LogP contribution is -1.95. The highest BCUT2D eigenvalue weighted by molar-refractivity contribution is 7.08. The first-order valence-electron chi connectivity index (χ1n) is 3.36. The third-order valence-electron chi connectivity index (χ3n) is 1.58. The summed E-state index contributed by atoms with van der Waals surface area (Å²) in [6, 6.07) is 2.01. The molecule has 0 aliphatic rings. The molecule has 0 spiro atoms. The SMILES string of the molecule is CCC(C=O)c1ccsc1. The van der Waals surface area contributed by atoms with Crippen LogP contribution in [0.4, 0.5) is 0 Å². The summed E-state index contributed by atoms with van der Waals surface area (Å²) in [5.74, 6) is 0.117. The molecule has 1 aromatic heterocycles. The molecule has 1 rings (SSSR count). The summed E-state index contributed by atoms with van der Waals surface area (Å²) in [7, 11) is 0. The van der Waals surface area contributed by atoms with E-state index in [0.717, 1.165) is 18.3 Å². The van der Waals surface area contributed by atoms with Crippen LogP contribution in [0, 0.1) is 0 Å². The molecule has 0 amide bonds.